The summed E-state index contributed by atoms with van der Waals surface area (Å²) in [6.45, 7) is 1.16. The molecule has 0 atom stereocenters. The SMILES string of the molecule is O=C(O)c1ccccc1OCCOCc1ccncc1. The number of para-hydroxylation sites is 1. The van der Waals surface area contributed by atoms with E-state index in [0.717, 1.165) is 5.56 Å². The van der Waals surface area contributed by atoms with Gasteiger partial charge < -0.3 is 14.6 Å². The van der Waals surface area contributed by atoms with Crippen molar-refractivity contribution in [1.29, 1.82) is 0 Å². The minimum absolute atomic E-state index is 0.154. The van der Waals surface area contributed by atoms with E-state index in [2.05, 4.69) is 4.98 Å². The number of hydrogen-bond acceptors (Lipinski definition) is 4. The highest BCUT2D eigenvalue weighted by molar-refractivity contribution is 5.90. The van der Waals surface area contributed by atoms with Crippen molar-refractivity contribution in [2.45, 2.75) is 6.61 Å². The van der Waals surface area contributed by atoms with Gasteiger partial charge in [-0.1, -0.05) is 12.1 Å². The maximum Gasteiger partial charge on any atom is 0.339 e. The Hall–Kier alpha value is -2.40. The molecular weight excluding hydrogens is 258 g/mol. The van der Waals surface area contributed by atoms with Crippen LogP contribution >= 0.6 is 0 Å². The molecule has 1 aromatic carbocycles. The van der Waals surface area contributed by atoms with Gasteiger partial charge in [0, 0.05) is 12.4 Å². The second-order valence-corrected chi connectivity index (χ2v) is 4.06. The quantitative estimate of drug-likeness (QED) is 0.784. The number of carboxylic acid groups (broad SMARTS) is 1. The number of benzene rings is 1. The van der Waals surface area contributed by atoms with Gasteiger partial charge in [-0.15, -0.1) is 0 Å². The van der Waals surface area contributed by atoms with Gasteiger partial charge in [-0.2, -0.15) is 0 Å². The van der Waals surface area contributed by atoms with E-state index in [0.29, 0.717) is 25.6 Å². The third-order valence-corrected chi connectivity index (χ3v) is 2.62. The van der Waals surface area contributed by atoms with Crippen molar-refractivity contribution in [3.05, 3.63) is 59.9 Å². The number of aromatic nitrogens is 1. The predicted molar refractivity (Wildman–Crippen MR) is 72.8 cm³/mol. The molecule has 0 amide bonds. The number of carbonyl (C=O) groups is 1. The van der Waals surface area contributed by atoms with Crippen molar-refractivity contribution in [2.24, 2.45) is 0 Å². The van der Waals surface area contributed by atoms with Gasteiger partial charge in [-0.25, -0.2) is 4.79 Å². The summed E-state index contributed by atoms with van der Waals surface area (Å²) >= 11 is 0. The van der Waals surface area contributed by atoms with Crippen LogP contribution in [0.2, 0.25) is 0 Å². The molecule has 1 heterocycles. The van der Waals surface area contributed by atoms with Gasteiger partial charge in [0.05, 0.1) is 13.2 Å². The number of aromatic carboxylic acids is 1. The predicted octanol–water partition coefficient (Wildman–Crippen LogP) is 2.38. The van der Waals surface area contributed by atoms with Gasteiger partial charge in [0.15, 0.2) is 0 Å². The minimum atomic E-state index is -1.00. The van der Waals surface area contributed by atoms with Crippen LogP contribution < -0.4 is 4.74 Å². The standard InChI is InChI=1S/C15H15NO4/c17-15(18)13-3-1-2-4-14(13)20-10-9-19-11-12-5-7-16-8-6-12/h1-8H,9-11H2,(H,17,18). The van der Waals surface area contributed by atoms with Crippen molar-refractivity contribution in [1.82, 2.24) is 4.98 Å². The topological polar surface area (TPSA) is 68.7 Å². The highest BCUT2D eigenvalue weighted by Crippen LogP contribution is 2.17. The van der Waals surface area contributed by atoms with Gasteiger partial charge >= 0.3 is 5.97 Å². The normalized spacial score (nSPS) is 10.2. The molecule has 0 aliphatic heterocycles. The van der Waals surface area contributed by atoms with E-state index in [4.69, 9.17) is 14.6 Å². The number of pyridine rings is 1. The van der Waals surface area contributed by atoms with Crippen LogP contribution in [-0.4, -0.2) is 29.3 Å². The molecule has 2 rings (SSSR count). The molecule has 5 nitrogen and oxygen atoms in total. The Balaban J connectivity index is 1.75. The van der Waals surface area contributed by atoms with E-state index in [-0.39, 0.29) is 5.56 Å². The Kier molecular flexibility index (Phi) is 5.08. The molecule has 0 saturated carbocycles. The van der Waals surface area contributed by atoms with Crippen LogP contribution in [0.25, 0.3) is 0 Å². The number of nitrogens with zero attached hydrogens (tertiary/aromatic N) is 1. The zero-order valence-corrected chi connectivity index (χ0v) is 10.9. The van der Waals surface area contributed by atoms with Gasteiger partial charge in [-0.3, -0.25) is 4.98 Å². The highest BCUT2D eigenvalue weighted by atomic mass is 16.5. The summed E-state index contributed by atoms with van der Waals surface area (Å²) in [5.74, 6) is -0.647. The molecule has 0 saturated heterocycles. The average Bonchev–Trinajstić information content (AvgIpc) is 2.48. The number of hydrogen-bond donors (Lipinski definition) is 1. The number of ether oxygens (including phenoxy) is 2. The Morgan fingerprint density at radius 1 is 1.10 bits per heavy atom. The van der Waals surface area contributed by atoms with E-state index >= 15 is 0 Å². The lowest BCUT2D eigenvalue weighted by Crippen LogP contribution is -2.09. The fraction of sp³-hybridized carbons (Fsp3) is 0.200. The van der Waals surface area contributed by atoms with E-state index in [1.54, 1.807) is 30.6 Å². The van der Waals surface area contributed by atoms with E-state index < -0.39 is 5.97 Å². The second kappa shape index (κ2) is 7.25. The summed E-state index contributed by atoms with van der Waals surface area (Å²) in [4.78, 5) is 14.9. The summed E-state index contributed by atoms with van der Waals surface area (Å²) in [7, 11) is 0. The fourth-order valence-electron chi connectivity index (χ4n) is 1.65. The molecule has 0 unspecified atom stereocenters. The van der Waals surface area contributed by atoms with Crippen LogP contribution in [0.3, 0.4) is 0 Å². The van der Waals surface area contributed by atoms with Crippen LogP contribution in [0, 0.1) is 0 Å². The lowest BCUT2D eigenvalue weighted by atomic mass is 10.2. The Morgan fingerprint density at radius 2 is 1.85 bits per heavy atom. The van der Waals surface area contributed by atoms with E-state index in [9.17, 15) is 4.79 Å². The van der Waals surface area contributed by atoms with Crippen LogP contribution in [0.4, 0.5) is 0 Å². The summed E-state index contributed by atoms with van der Waals surface area (Å²) in [6, 6.07) is 10.3. The third-order valence-electron chi connectivity index (χ3n) is 2.62. The second-order valence-electron chi connectivity index (χ2n) is 4.06. The summed E-state index contributed by atoms with van der Waals surface area (Å²) in [6.07, 6.45) is 3.41. The largest absolute Gasteiger partial charge is 0.490 e. The highest BCUT2D eigenvalue weighted by Gasteiger charge is 2.09. The van der Waals surface area contributed by atoms with Gasteiger partial charge in [0.1, 0.15) is 17.9 Å². The fourth-order valence-corrected chi connectivity index (χ4v) is 1.65. The van der Waals surface area contributed by atoms with Crippen LogP contribution in [0.1, 0.15) is 15.9 Å². The van der Waals surface area contributed by atoms with Crippen LogP contribution in [0.15, 0.2) is 48.8 Å². The Labute approximate surface area is 116 Å². The molecule has 0 spiro atoms. The minimum Gasteiger partial charge on any atom is -0.490 e. The van der Waals surface area contributed by atoms with Crippen molar-refractivity contribution < 1.29 is 19.4 Å². The third kappa shape index (κ3) is 4.07. The summed E-state index contributed by atoms with van der Waals surface area (Å²) in [5, 5.41) is 9.00. The molecule has 0 bridgehead atoms. The van der Waals surface area contributed by atoms with Gasteiger partial charge in [-0.05, 0) is 29.8 Å². The van der Waals surface area contributed by atoms with E-state index in [1.165, 1.54) is 6.07 Å². The monoisotopic (exact) mass is 273 g/mol. The summed E-state index contributed by atoms with van der Waals surface area (Å²) in [5.41, 5.74) is 1.19. The van der Waals surface area contributed by atoms with Crippen molar-refractivity contribution in [3.8, 4) is 5.75 Å². The summed E-state index contributed by atoms with van der Waals surface area (Å²) < 4.78 is 10.9. The lowest BCUT2D eigenvalue weighted by molar-refractivity contribution is 0.0681. The van der Waals surface area contributed by atoms with Crippen molar-refractivity contribution in [3.63, 3.8) is 0 Å². The number of rotatable bonds is 7. The lowest BCUT2D eigenvalue weighted by Gasteiger charge is -2.09. The van der Waals surface area contributed by atoms with E-state index in [1.807, 2.05) is 12.1 Å². The molecule has 104 valence electrons. The first kappa shape index (κ1) is 14.0. The molecule has 1 N–H and O–H groups in total. The molecule has 0 aliphatic carbocycles. The first-order valence-corrected chi connectivity index (χ1v) is 6.19. The zero-order valence-electron chi connectivity index (χ0n) is 10.9. The maximum absolute atomic E-state index is 11.0. The van der Waals surface area contributed by atoms with Crippen LogP contribution in [-0.2, 0) is 11.3 Å². The maximum atomic E-state index is 11.0. The van der Waals surface area contributed by atoms with Crippen molar-refractivity contribution >= 4 is 5.97 Å². The first-order chi connectivity index (χ1) is 9.77. The molecule has 0 fully saturated rings. The Morgan fingerprint density at radius 3 is 2.60 bits per heavy atom. The number of carboxylic acids is 1. The van der Waals surface area contributed by atoms with Gasteiger partial charge in [0.25, 0.3) is 0 Å². The van der Waals surface area contributed by atoms with Crippen molar-refractivity contribution in [2.75, 3.05) is 13.2 Å². The molecule has 20 heavy (non-hydrogen) atoms. The Bertz CT molecular complexity index is 557. The molecular formula is C15H15NO4. The molecule has 1 aromatic heterocycles. The van der Waals surface area contributed by atoms with Crippen LogP contribution in [0.5, 0.6) is 5.75 Å². The molecule has 2 aromatic rings. The molecule has 0 aliphatic rings. The smallest absolute Gasteiger partial charge is 0.339 e. The zero-order chi connectivity index (χ0) is 14.2. The molecule has 0 radical (unpaired) electrons. The average molecular weight is 273 g/mol. The molecule has 5 heteroatoms. The van der Waals surface area contributed by atoms with Gasteiger partial charge in [0.2, 0.25) is 0 Å². The first-order valence-electron chi connectivity index (χ1n) is 6.19.